The Bertz CT molecular complexity index is 1170. The number of aromatic nitrogens is 1. The summed E-state index contributed by atoms with van der Waals surface area (Å²) in [6.45, 7) is 1.92. The molecule has 0 aliphatic heterocycles. The van der Waals surface area contributed by atoms with Crippen LogP contribution in [0, 0.1) is 11.6 Å². The number of phenols is 1. The molecule has 0 radical (unpaired) electrons. The number of carbonyl (C=O) groups is 1. The number of oxazole rings is 1. The van der Waals surface area contributed by atoms with E-state index in [0.717, 1.165) is 19.3 Å². The molecule has 0 bridgehead atoms. The van der Waals surface area contributed by atoms with Crippen LogP contribution in [0.3, 0.4) is 0 Å². The van der Waals surface area contributed by atoms with Gasteiger partial charge >= 0.3 is 6.18 Å². The largest absolute Gasteiger partial charge is 0.503 e. The van der Waals surface area contributed by atoms with Crippen LogP contribution in [0.25, 0.3) is 22.6 Å². The highest BCUT2D eigenvalue weighted by molar-refractivity contribution is 5.97. The van der Waals surface area contributed by atoms with Crippen LogP contribution >= 0.6 is 0 Å². The number of benzene rings is 2. The summed E-state index contributed by atoms with van der Waals surface area (Å²) in [5.41, 5.74) is -2.59. The van der Waals surface area contributed by atoms with Gasteiger partial charge in [0.1, 0.15) is 5.52 Å². The number of hydrogen-bond donors (Lipinski definition) is 2. The fourth-order valence-corrected chi connectivity index (χ4v) is 3.35. The minimum atomic E-state index is -5.17. The molecule has 0 saturated heterocycles. The van der Waals surface area contributed by atoms with Gasteiger partial charge in [-0.1, -0.05) is 0 Å². The SMILES string of the molecule is CC1(NC(=O)c2ccc3oc(-c4cc(C(F)(F)F)c(F)c(O)c4F)nc3c2)CCC1. The molecule has 2 N–H and O–H groups in total. The second-order valence-electron chi connectivity index (χ2n) is 7.52. The first kappa shape index (κ1) is 20.1. The van der Waals surface area contributed by atoms with Crippen LogP contribution in [0.4, 0.5) is 22.0 Å². The van der Waals surface area contributed by atoms with Crippen molar-refractivity contribution in [1.82, 2.24) is 10.3 Å². The zero-order chi connectivity index (χ0) is 21.8. The van der Waals surface area contributed by atoms with Crippen molar-refractivity contribution in [3.05, 3.63) is 47.0 Å². The van der Waals surface area contributed by atoms with Crippen molar-refractivity contribution >= 4 is 17.0 Å². The van der Waals surface area contributed by atoms with Gasteiger partial charge in [0, 0.05) is 11.1 Å². The monoisotopic (exact) mass is 426 g/mol. The first-order valence-corrected chi connectivity index (χ1v) is 9.00. The Labute approximate surface area is 166 Å². The third kappa shape index (κ3) is 3.35. The van der Waals surface area contributed by atoms with Crippen molar-refractivity contribution in [3.63, 3.8) is 0 Å². The zero-order valence-corrected chi connectivity index (χ0v) is 15.5. The van der Waals surface area contributed by atoms with Crippen molar-refractivity contribution in [2.75, 3.05) is 0 Å². The highest BCUT2D eigenvalue weighted by Gasteiger charge is 2.38. The number of aromatic hydroxyl groups is 1. The number of nitrogens with one attached hydrogen (secondary N) is 1. The Morgan fingerprint density at radius 1 is 1.20 bits per heavy atom. The molecule has 10 heteroatoms. The Kier molecular flexibility index (Phi) is 4.48. The standard InChI is InChI=1S/C20H15F5N2O3/c1-19(5-2-6-19)27-17(29)9-3-4-13-12(7-9)26-18(30-13)10-8-11(20(23,24)25)15(22)16(28)14(10)21/h3-4,7-8,28H,2,5-6H2,1H3,(H,27,29). The molecule has 1 aliphatic carbocycles. The van der Waals surface area contributed by atoms with E-state index in [2.05, 4.69) is 10.3 Å². The molecule has 0 unspecified atom stereocenters. The third-order valence-corrected chi connectivity index (χ3v) is 5.24. The first-order valence-electron chi connectivity index (χ1n) is 9.00. The average Bonchev–Trinajstić information content (AvgIpc) is 3.06. The van der Waals surface area contributed by atoms with E-state index < -0.39 is 40.6 Å². The second kappa shape index (κ2) is 6.68. The Hall–Kier alpha value is -3.17. The van der Waals surface area contributed by atoms with Gasteiger partial charge in [0.05, 0.1) is 11.1 Å². The molecule has 1 amide bonds. The second-order valence-corrected chi connectivity index (χ2v) is 7.52. The number of rotatable bonds is 3. The van der Waals surface area contributed by atoms with Crippen LogP contribution in [0.1, 0.15) is 42.1 Å². The zero-order valence-electron chi connectivity index (χ0n) is 15.5. The Morgan fingerprint density at radius 3 is 2.50 bits per heavy atom. The van der Waals surface area contributed by atoms with Gasteiger partial charge in [-0.2, -0.15) is 13.2 Å². The molecule has 2 aromatic carbocycles. The summed E-state index contributed by atoms with van der Waals surface area (Å²) in [7, 11) is 0. The fraction of sp³-hybridized carbons (Fsp3) is 0.300. The van der Waals surface area contributed by atoms with E-state index in [1.54, 1.807) is 0 Å². The minimum Gasteiger partial charge on any atom is -0.503 e. The number of nitrogens with zero attached hydrogens (tertiary/aromatic N) is 1. The molecule has 0 atom stereocenters. The Balaban J connectivity index is 1.74. The van der Waals surface area contributed by atoms with E-state index in [9.17, 15) is 31.9 Å². The van der Waals surface area contributed by atoms with Gasteiger partial charge in [0.2, 0.25) is 5.89 Å². The number of hydrogen-bond acceptors (Lipinski definition) is 4. The van der Waals surface area contributed by atoms with Crippen molar-refractivity contribution in [1.29, 1.82) is 0 Å². The maximum Gasteiger partial charge on any atom is 0.419 e. The van der Waals surface area contributed by atoms with Gasteiger partial charge in [-0.3, -0.25) is 4.79 Å². The van der Waals surface area contributed by atoms with Crippen molar-refractivity contribution in [2.45, 2.75) is 37.9 Å². The molecule has 0 spiro atoms. The van der Waals surface area contributed by atoms with E-state index in [1.165, 1.54) is 18.2 Å². The molecule has 1 saturated carbocycles. The molecule has 30 heavy (non-hydrogen) atoms. The summed E-state index contributed by atoms with van der Waals surface area (Å²) in [5, 5.41) is 12.4. The fourth-order valence-electron chi connectivity index (χ4n) is 3.35. The highest BCUT2D eigenvalue weighted by Crippen LogP contribution is 2.40. The molecular formula is C20H15F5N2O3. The molecule has 1 aromatic heterocycles. The van der Waals surface area contributed by atoms with E-state index in [0.29, 0.717) is 0 Å². The molecule has 1 aliphatic rings. The van der Waals surface area contributed by atoms with Gasteiger partial charge in [0.25, 0.3) is 5.91 Å². The lowest BCUT2D eigenvalue weighted by Crippen LogP contribution is -2.50. The summed E-state index contributed by atoms with van der Waals surface area (Å²) in [4.78, 5) is 16.4. The summed E-state index contributed by atoms with van der Waals surface area (Å²) in [5.74, 6) is -6.48. The van der Waals surface area contributed by atoms with Gasteiger partial charge < -0.3 is 14.8 Å². The minimum absolute atomic E-state index is 0.0770. The molecule has 158 valence electrons. The molecule has 1 heterocycles. The van der Waals surface area contributed by atoms with E-state index >= 15 is 0 Å². The lowest BCUT2D eigenvalue weighted by Gasteiger charge is -2.39. The van der Waals surface area contributed by atoms with Crippen molar-refractivity contribution < 1.29 is 36.3 Å². The van der Waals surface area contributed by atoms with Crippen LogP contribution < -0.4 is 5.32 Å². The quantitative estimate of drug-likeness (QED) is 0.567. The topological polar surface area (TPSA) is 75.4 Å². The number of alkyl halides is 3. The maximum atomic E-state index is 14.3. The normalized spacial score (nSPS) is 15.8. The number of phenolic OH excluding ortho intramolecular Hbond substituents is 1. The summed E-state index contributed by atoms with van der Waals surface area (Å²) in [6.07, 6.45) is -2.45. The van der Waals surface area contributed by atoms with Gasteiger partial charge in [0.15, 0.2) is 23.0 Å². The predicted molar refractivity (Wildman–Crippen MR) is 95.8 cm³/mol. The smallest absolute Gasteiger partial charge is 0.419 e. The number of halogens is 5. The van der Waals surface area contributed by atoms with Crippen LogP contribution in [0.15, 0.2) is 28.7 Å². The van der Waals surface area contributed by atoms with Crippen LogP contribution in [0.2, 0.25) is 0 Å². The molecule has 4 rings (SSSR count). The van der Waals surface area contributed by atoms with Crippen LogP contribution in [-0.4, -0.2) is 21.5 Å². The van der Waals surface area contributed by atoms with Crippen molar-refractivity contribution in [2.24, 2.45) is 0 Å². The average molecular weight is 426 g/mol. The number of carbonyl (C=O) groups excluding carboxylic acids is 1. The maximum absolute atomic E-state index is 14.3. The third-order valence-electron chi connectivity index (χ3n) is 5.24. The van der Waals surface area contributed by atoms with Gasteiger partial charge in [-0.15, -0.1) is 0 Å². The molecule has 5 nitrogen and oxygen atoms in total. The van der Waals surface area contributed by atoms with Crippen LogP contribution in [-0.2, 0) is 6.18 Å². The highest BCUT2D eigenvalue weighted by atomic mass is 19.4. The summed E-state index contributed by atoms with van der Waals surface area (Å²) in [6, 6.07) is 4.34. The van der Waals surface area contributed by atoms with Crippen molar-refractivity contribution in [3.8, 4) is 17.2 Å². The Morgan fingerprint density at radius 2 is 1.90 bits per heavy atom. The lowest BCUT2D eigenvalue weighted by atomic mass is 9.78. The van der Waals surface area contributed by atoms with E-state index in [4.69, 9.17) is 4.42 Å². The number of amides is 1. The number of fused-ring (bicyclic) bond motifs is 1. The van der Waals surface area contributed by atoms with Gasteiger partial charge in [-0.25, -0.2) is 13.8 Å². The summed E-state index contributed by atoms with van der Waals surface area (Å²) >= 11 is 0. The van der Waals surface area contributed by atoms with Crippen LogP contribution in [0.5, 0.6) is 5.75 Å². The molecular weight excluding hydrogens is 411 g/mol. The molecule has 1 fully saturated rings. The lowest BCUT2D eigenvalue weighted by molar-refractivity contribution is -0.140. The predicted octanol–water partition coefficient (Wildman–Crippen LogP) is 5.17. The van der Waals surface area contributed by atoms with E-state index in [1.807, 2.05) is 6.92 Å². The summed E-state index contributed by atoms with van der Waals surface area (Å²) < 4.78 is 72.2. The molecule has 3 aromatic rings. The van der Waals surface area contributed by atoms with E-state index in [-0.39, 0.29) is 34.2 Å². The first-order chi connectivity index (χ1) is 14.0. The van der Waals surface area contributed by atoms with Gasteiger partial charge in [-0.05, 0) is 50.5 Å².